The number of fused-ring (bicyclic) bond motifs is 1. The van der Waals surface area contributed by atoms with Gasteiger partial charge in [0, 0.05) is 15.6 Å². The molecule has 0 atom stereocenters. The molecular formula is C24H11Cl2F5O5. The summed E-state index contributed by atoms with van der Waals surface area (Å²) in [5, 5.41) is 0.679. The summed E-state index contributed by atoms with van der Waals surface area (Å²) in [5.74, 6) is -14.7. The Balaban J connectivity index is 1.51. The minimum absolute atomic E-state index is 0.0598. The Bertz CT molecular complexity index is 1440. The van der Waals surface area contributed by atoms with Crippen LogP contribution < -0.4 is 14.2 Å². The molecule has 0 bridgehead atoms. The molecule has 0 unspecified atom stereocenters. The van der Waals surface area contributed by atoms with Crippen LogP contribution in [0.2, 0.25) is 10.0 Å². The third-order valence-electron chi connectivity index (χ3n) is 5.01. The molecule has 0 fully saturated rings. The lowest BCUT2D eigenvalue weighted by atomic mass is 10.1. The lowest BCUT2D eigenvalue weighted by molar-refractivity contribution is -0.136. The number of esters is 1. The van der Waals surface area contributed by atoms with Crippen molar-refractivity contribution in [3.63, 3.8) is 0 Å². The van der Waals surface area contributed by atoms with Crippen molar-refractivity contribution in [3.8, 4) is 17.2 Å². The highest BCUT2D eigenvalue weighted by atomic mass is 35.5. The quantitative estimate of drug-likeness (QED) is 0.0904. The number of allylic oxidation sites excluding steroid dienone is 1. The zero-order chi connectivity index (χ0) is 26.3. The van der Waals surface area contributed by atoms with Gasteiger partial charge in [-0.25, -0.2) is 18.0 Å². The van der Waals surface area contributed by atoms with E-state index in [1.165, 1.54) is 31.2 Å². The van der Waals surface area contributed by atoms with E-state index >= 15 is 0 Å². The summed E-state index contributed by atoms with van der Waals surface area (Å²) in [6.07, 6.45) is 1.41. The number of hydrogen-bond acceptors (Lipinski definition) is 5. The molecule has 3 aromatic carbocycles. The molecule has 36 heavy (non-hydrogen) atoms. The van der Waals surface area contributed by atoms with Crippen LogP contribution in [0.25, 0.3) is 6.08 Å². The Morgan fingerprint density at radius 1 is 0.972 bits per heavy atom. The smallest absolute Gasteiger partial charge is 0.349 e. The molecule has 4 rings (SSSR count). The number of Topliss-reactive ketones (excluding diaryl/α,β-unsaturated/α-hetero) is 1. The second kappa shape index (κ2) is 9.79. The van der Waals surface area contributed by atoms with Gasteiger partial charge in [-0.1, -0.05) is 29.3 Å². The molecule has 5 nitrogen and oxygen atoms in total. The first-order chi connectivity index (χ1) is 17.0. The van der Waals surface area contributed by atoms with Crippen molar-refractivity contribution in [2.75, 3.05) is 6.61 Å². The number of halogens is 7. The maximum atomic E-state index is 13.7. The third-order valence-corrected chi connectivity index (χ3v) is 5.58. The standard InChI is InChI=1S/C24H11Cl2F5O5/c1-9-14(35-16(32)8-34-24-20(30)18(28)17(27)19(29)21(24)31)5-4-12-22(33)15(36-23(9)12)6-10-2-3-11(25)7-13(10)26/h2-7H,8H2,1H3/b15-6-. The van der Waals surface area contributed by atoms with E-state index in [0.717, 1.165) is 0 Å². The van der Waals surface area contributed by atoms with E-state index in [1.807, 2.05) is 0 Å². The largest absolute Gasteiger partial charge is 0.476 e. The Labute approximate surface area is 209 Å². The van der Waals surface area contributed by atoms with E-state index in [1.54, 1.807) is 12.1 Å². The molecule has 0 saturated carbocycles. The minimum atomic E-state index is -2.37. The SMILES string of the molecule is Cc1c(OC(=O)COc2c(F)c(F)c(F)c(F)c2F)ccc2c1O/C(=C\c1ccc(Cl)cc1Cl)C2=O. The molecule has 3 aromatic rings. The second-order valence-corrected chi connectivity index (χ2v) is 8.18. The van der Waals surface area contributed by atoms with Crippen LogP contribution in [0.3, 0.4) is 0 Å². The molecule has 0 N–H and O–H groups in total. The first-order valence-corrected chi connectivity index (χ1v) is 10.6. The predicted octanol–water partition coefficient (Wildman–Crippen LogP) is 6.60. The summed E-state index contributed by atoms with van der Waals surface area (Å²) < 4.78 is 82.3. The molecule has 0 amide bonds. The van der Waals surface area contributed by atoms with Crippen LogP contribution in [0.15, 0.2) is 36.1 Å². The first-order valence-electron chi connectivity index (χ1n) is 9.87. The van der Waals surface area contributed by atoms with Gasteiger partial charge in [0.1, 0.15) is 11.5 Å². The van der Waals surface area contributed by atoms with Gasteiger partial charge < -0.3 is 14.2 Å². The van der Waals surface area contributed by atoms with E-state index in [0.29, 0.717) is 10.6 Å². The number of carbonyl (C=O) groups excluding carboxylic acids is 2. The van der Waals surface area contributed by atoms with Gasteiger partial charge in [0.15, 0.2) is 18.1 Å². The van der Waals surface area contributed by atoms with E-state index in [-0.39, 0.29) is 33.4 Å². The molecule has 0 radical (unpaired) electrons. The molecule has 1 heterocycles. The van der Waals surface area contributed by atoms with Gasteiger partial charge in [-0.15, -0.1) is 0 Å². The highest BCUT2D eigenvalue weighted by Crippen LogP contribution is 2.40. The molecule has 0 saturated heterocycles. The fourth-order valence-electron chi connectivity index (χ4n) is 3.23. The van der Waals surface area contributed by atoms with Crippen LogP contribution in [0, 0.1) is 36.0 Å². The van der Waals surface area contributed by atoms with Gasteiger partial charge in [-0.3, -0.25) is 4.79 Å². The van der Waals surface area contributed by atoms with Crippen molar-refractivity contribution in [3.05, 3.63) is 91.9 Å². The van der Waals surface area contributed by atoms with E-state index in [9.17, 15) is 31.5 Å². The summed E-state index contributed by atoms with van der Waals surface area (Å²) in [4.78, 5) is 24.9. The molecule has 186 valence electrons. The molecular weight excluding hydrogens is 534 g/mol. The summed E-state index contributed by atoms with van der Waals surface area (Å²) in [6, 6.07) is 7.23. The van der Waals surface area contributed by atoms with Crippen LogP contribution in [0.4, 0.5) is 22.0 Å². The molecule has 0 aliphatic carbocycles. The van der Waals surface area contributed by atoms with E-state index in [2.05, 4.69) is 4.74 Å². The minimum Gasteiger partial charge on any atom is -0.476 e. The molecule has 0 aromatic heterocycles. The average Bonchev–Trinajstić information content (AvgIpc) is 3.16. The fourth-order valence-corrected chi connectivity index (χ4v) is 3.70. The van der Waals surface area contributed by atoms with E-state index in [4.69, 9.17) is 32.7 Å². The van der Waals surface area contributed by atoms with Gasteiger partial charge in [-0.2, -0.15) is 8.78 Å². The van der Waals surface area contributed by atoms with Gasteiger partial charge in [0.05, 0.1) is 5.56 Å². The lowest BCUT2D eigenvalue weighted by Crippen LogP contribution is -2.20. The van der Waals surface area contributed by atoms with Gasteiger partial charge in [0.2, 0.25) is 34.9 Å². The fraction of sp³-hybridized carbons (Fsp3) is 0.0833. The first kappa shape index (κ1) is 25.5. The van der Waals surface area contributed by atoms with Crippen molar-refractivity contribution in [2.45, 2.75) is 6.92 Å². The third kappa shape index (κ3) is 4.61. The van der Waals surface area contributed by atoms with Crippen LogP contribution in [0.5, 0.6) is 17.2 Å². The van der Waals surface area contributed by atoms with Crippen molar-refractivity contribution in [2.24, 2.45) is 0 Å². The molecule has 1 aliphatic rings. The number of rotatable bonds is 5. The Kier molecular flexibility index (Phi) is 6.92. The number of ether oxygens (including phenoxy) is 3. The van der Waals surface area contributed by atoms with Crippen molar-refractivity contribution >= 4 is 41.0 Å². The number of ketones is 1. The maximum Gasteiger partial charge on any atom is 0.349 e. The van der Waals surface area contributed by atoms with Gasteiger partial charge in [0.25, 0.3) is 0 Å². The summed E-state index contributed by atoms with van der Waals surface area (Å²) in [6.45, 7) is 0.284. The van der Waals surface area contributed by atoms with Crippen molar-refractivity contribution < 1.29 is 45.8 Å². The van der Waals surface area contributed by atoms with Crippen molar-refractivity contribution in [1.82, 2.24) is 0 Å². The van der Waals surface area contributed by atoms with Crippen molar-refractivity contribution in [1.29, 1.82) is 0 Å². The molecule has 0 spiro atoms. The second-order valence-electron chi connectivity index (χ2n) is 7.33. The average molecular weight is 545 g/mol. The van der Waals surface area contributed by atoms with Gasteiger partial charge in [-0.05, 0) is 42.8 Å². The summed E-state index contributed by atoms with van der Waals surface area (Å²) >= 11 is 12.0. The lowest BCUT2D eigenvalue weighted by Gasteiger charge is -2.12. The molecule has 12 heteroatoms. The number of hydrogen-bond donors (Lipinski definition) is 0. The molecule has 1 aliphatic heterocycles. The Morgan fingerprint density at radius 2 is 1.61 bits per heavy atom. The van der Waals surface area contributed by atoms with Crippen LogP contribution in [-0.4, -0.2) is 18.4 Å². The van der Waals surface area contributed by atoms with Crippen LogP contribution >= 0.6 is 23.2 Å². The van der Waals surface area contributed by atoms with E-state index < -0.39 is 53.2 Å². The highest BCUT2D eigenvalue weighted by molar-refractivity contribution is 6.35. The zero-order valence-electron chi connectivity index (χ0n) is 17.9. The monoisotopic (exact) mass is 544 g/mol. The Hall–Kier alpha value is -3.63. The summed E-state index contributed by atoms with van der Waals surface area (Å²) in [5.41, 5.74) is 0.851. The number of benzene rings is 3. The summed E-state index contributed by atoms with van der Waals surface area (Å²) in [7, 11) is 0. The van der Waals surface area contributed by atoms with Crippen LogP contribution in [-0.2, 0) is 4.79 Å². The number of carbonyl (C=O) groups is 2. The van der Waals surface area contributed by atoms with Gasteiger partial charge >= 0.3 is 5.97 Å². The highest BCUT2D eigenvalue weighted by Gasteiger charge is 2.31. The van der Waals surface area contributed by atoms with Crippen LogP contribution in [0.1, 0.15) is 21.5 Å². The normalized spacial score (nSPS) is 13.6. The topological polar surface area (TPSA) is 61.8 Å². The maximum absolute atomic E-state index is 13.7. The predicted molar refractivity (Wildman–Crippen MR) is 118 cm³/mol. The Morgan fingerprint density at radius 3 is 2.25 bits per heavy atom. The zero-order valence-corrected chi connectivity index (χ0v) is 19.4.